The van der Waals surface area contributed by atoms with Crippen LogP contribution in [0.15, 0.2) is 12.1 Å². The number of nitrogens with one attached hydrogen (secondary N) is 1. The van der Waals surface area contributed by atoms with Gasteiger partial charge in [-0.25, -0.2) is 0 Å². The van der Waals surface area contributed by atoms with Crippen LogP contribution in [0, 0.1) is 0 Å². The Morgan fingerprint density at radius 1 is 1.00 bits per heavy atom. The summed E-state index contributed by atoms with van der Waals surface area (Å²) in [5.41, 5.74) is 0.475. The van der Waals surface area contributed by atoms with Gasteiger partial charge in [-0.2, -0.15) is 0 Å². The van der Waals surface area contributed by atoms with Gasteiger partial charge in [-0.1, -0.05) is 0 Å². The fraction of sp³-hybridized carbons (Fsp3) is 0.467. The summed E-state index contributed by atoms with van der Waals surface area (Å²) in [5, 5.41) is 11.3. The van der Waals surface area contributed by atoms with E-state index in [1.165, 1.54) is 21.3 Å². The van der Waals surface area contributed by atoms with Gasteiger partial charge in [0.2, 0.25) is 11.7 Å². The van der Waals surface area contributed by atoms with Gasteiger partial charge in [0.25, 0.3) is 0 Å². The molecule has 0 unspecified atom stereocenters. The number of ether oxygens (including phenoxy) is 3. The highest BCUT2D eigenvalue weighted by Crippen LogP contribution is 2.42. The van der Waals surface area contributed by atoms with E-state index in [-0.39, 0.29) is 18.7 Å². The predicted octanol–water partition coefficient (Wildman–Crippen LogP) is 2.30. The van der Waals surface area contributed by atoms with Crippen LogP contribution in [0.3, 0.4) is 0 Å². The lowest BCUT2D eigenvalue weighted by molar-refractivity contribution is -0.137. The Bertz CT molecular complexity index is 529. The number of hydrogen-bond acceptors (Lipinski definition) is 5. The maximum Gasteiger partial charge on any atom is 0.303 e. The van der Waals surface area contributed by atoms with Gasteiger partial charge in [0, 0.05) is 12.8 Å². The van der Waals surface area contributed by atoms with Crippen LogP contribution in [-0.4, -0.2) is 38.3 Å². The van der Waals surface area contributed by atoms with Gasteiger partial charge in [-0.3, -0.25) is 9.59 Å². The summed E-state index contributed by atoms with van der Waals surface area (Å²) < 4.78 is 15.7. The summed E-state index contributed by atoms with van der Waals surface area (Å²) in [7, 11) is 4.47. The van der Waals surface area contributed by atoms with Crippen molar-refractivity contribution in [3.63, 3.8) is 0 Å². The van der Waals surface area contributed by atoms with Gasteiger partial charge in [0.15, 0.2) is 11.5 Å². The van der Waals surface area contributed by atoms with Crippen molar-refractivity contribution in [2.75, 3.05) is 26.6 Å². The molecule has 1 aromatic carbocycles. The van der Waals surface area contributed by atoms with E-state index in [1.54, 1.807) is 12.1 Å². The zero-order valence-corrected chi connectivity index (χ0v) is 13.0. The quantitative estimate of drug-likeness (QED) is 0.680. The van der Waals surface area contributed by atoms with Gasteiger partial charge in [-0.15, -0.1) is 0 Å². The molecule has 0 aliphatic carbocycles. The fourth-order valence-corrected chi connectivity index (χ4v) is 1.97. The highest BCUT2D eigenvalue weighted by molar-refractivity contribution is 5.93. The van der Waals surface area contributed by atoms with Crippen LogP contribution in [0.25, 0.3) is 0 Å². The molecule has 0 aliphatic rings. The predicted molar refractivity (Wildman–Crippen MR) is 80.8 cm³/mol. The lowest BCUT2D eigenvalue weighted by Crippen LogP contribution is -2.12. The first-order valence-corrected chi connectivity index (χ1v) is 6.84. The van der Waals surface area contributed by atoms with Crippen LogP contribution >= 0.6 is 0 Å². The lowest BCUT2D eigenvalue weighted by Gasteiger charge is -2.16. The average Bonchev–Trinajstić information content (AvgIpc) is 2.50. The number of hydrogen-bond donors (Lipinski definition) is 2. The van der Waals surface area contributed by atoms with Gasteiger partial charge >= 0.3 is 5.97 Å². The number of rotatable bonds is 9. The highest BCUT2D eigenvalue weighted by atomic mass is 16.5. The zero-order chi connectivity index (χ0) is 16.5. The normalized spacial score (nSPS) is 9.95. The molecular weight excluding hydrogens is 290 g/mol. The molecule has 0 heterocycles. The number of amides is 1. The number of methoxy groups -OCH3 is 3. The first kappa shape index (κ1) is 17.6. The molecule has 122 valence electrons. The van der Waals surface area contributed by atoms with Crippen LogP contribution in [0.2, 0.25) is 0 Å². The Labute approximate surface area is 129 Å². The van der Waals surface area contributed by atoms with Crippen molar-refractivity contribution in [1.29, 1.82) is 0 Å². The minimum absolute atomic E-state index is 0.0625. The largest absolute Gasteiger partial charge is 0.493 e. The van der Waals surface area contributed by atoms with E-state index in [0.717, 1.165) is 0 Å². The molecule has 22 heavy (non-hydrogen) atoms. The molecule has 0 spiro atoms. The van der Waals surface area contributed by atoms with E-state index in [0.29, 0.717) is 35.8 Å². The summed E-state index contributed by atoms with van der Waals surface area (Å²) in [6, 6.07) is 3.33. The van der Waals surface area contributed by atoms with E-state index in [2.05, 4.69) is 5.32 Å². The molecule has 1 amide bonds. The van der Waals surface area contributed by atoms with Crippen molar-refractivity contribution >= 4 is 17.6 Å². The first-order valence-electron chi connectivity index (χ1n) is 6.84. The van der Waals surface area contributed by atoms with E-state index in [4.69, 9.17) is 19.3 Å². The summed E-state index contributed by atoms with van der Waals surface area (Å²) in [6.07, 6.45) is 1.28. The summed E-state index contributed by atoms with van der Waals surface area (Å²) in [4.78, 5) is 22.3. The molecule has 0 radical (unpaired) electrons. The zero-order valence-electron chi connectivity index (χ0n) is 13.0. The number of unbranched alkanes of at least 4 members (excludes halogenated alkanes) is 1. The monoisotopic (exact) mass is 311 g/mol. The number of carbonyl (C=O) groups excluding carboxylic acids is 1. The molecule has 2 N–H and O–H groups in total. The third-order valence-electron chi connectivity index (χ3n) is 3.02. The number of carboxylic acids is 1. The van der Waals surface area contributed by atoms with Crippen LogP contribution in [0.4, 0.5) is 5.69 Å². The third-order valence-corrected chi connectivity index (χ3v) is 3.02. The molecule has 0 aliphatic heterocycles. The second kappa shape index (κ2) is 8.76. The number of carbonyl (C=O) groups is 2. The van der Waals surface area contributed by atoms with Crippen molar-refractivity contribution in [2.45, 2.75) is 25.7 Å². The summed E-state index contributed by atoms with van der Waals surface area (Å²) >= 11 is 0. The molecular formula is C15H21NO6. The van der Waals surface area contributed by atoms with Crippen molar-refractivity contribution in [1.82, 2.24) is 0 Å². The molecule has 0 atom stereocenters. The van der Waals surface area contributed by atoms with Crippen LogP contribution < -0.4 is 19.5 Å². The Balaban J connectivity index is 2.72. The van der Waals surface area contributed by atoms with Gasteiger partial charge in [0.05, 0.1) is 27.0 Å². The van der Waals surface area contributed by atoms with Crippen molar-refractivity contribution < 1.29 is 28.9 Å². The number of carboxylic acid groups (broad SMARTS) is 1. The van der Waals surface area contributed by atoms with Gasteiger partial charge in [0.1, 0.15) is 0 Å². The smallest absolute Gasteiger partial charge is 0.303 e. The molecule has 1 aromatic rings. The first-order chi connectivity index (χ1) is 10.5. The Hall–Kier alpha value is -2.44. The molecule has 0 saturated heterocycles. The molecule has 0 aromatic heterocycles. The van der Waals surface area contributed by atoms with E-state index >= 15 is 0 Å². The SMILES string of the molecule is COc1ccc(NC(=O)CCCCC(=O)O)c(OC)c1OC. The summed E-state index contributed by atoms with van der Waals surface area (Å²) in [5.74, 6) is 0.200. The Morgan fingerprint density at radius 2 is 1.64 bits per heavy atom. The second-order valence-corrected chi connectivity index (χ2v) is 4.53. The minimum atomic E-state index is -0.859. The molecule has 7 nitrogen and oxygen atoms in total. The number of anilines is 1. The Kier molecular flexibility index (Phi) is 7.01. The van der Waals surface area contributed by atoms with Gasteiger partial charge < -0.3 is 24.6 Å². The van der Waals surface area contributed by atoms with Crippen molar-refractivity contribution in [2.24, 2.45) is 0 Å². The van der Waals surface area contributed by atoms with E-state index in [1.807, 2.05) is 0 Å². The van der Waals surface area contributed by atoms with Crippen LogP contribution in [0.1, 0.15) is 25.7 Å². The summed E-state index contributed by atoms with van der Waals surface area (Å²) in [6.45, 7) is 0. The van der Waals surface area contributed by atoms with Crippen LogP contribution in [-0.2, 0) is 9.59 Å². The molecule has 1 rings (SSSR count). The van der Waals surface area contributed by atoms with Gasteiger partial charge in [-0.05, 0) is 25.0 Å². The number of aliphatic carboxylic acids is 1. The molecule has 0 saturated carbocycles. The van der Waals surface area contributed by atoms with Crippen molar-refractivity contribution in [3.05, 3.63) is 12.1 Å². The van der Waals surface area contributed by atoms with E-state index < -0.39 is 5.97 Å². The number of benzene rings is 1. The molecule has 7 heteroatoms. The highest BCUT2D eigenvalue weighted by Gasteiger charge is 2.17. The third kappa shape index (κ3) is 4.83. The maximum absolute atomic E-state index is 11.9. The molecule has 0 bridgehead atoms. The van der Waals surface area contributed by atoms with Crippen molar-refractivity contribution in [3.8, 4) is 17.2 Å². The minimum Gasteiger partial charge on any atom is -0.493 e. The molecule has 0 fully saturated rings. The Morgan fingerprint density at radius 3 is 2.18 bits per heavy atom. The second-order valence-electron chi connectivity index (χ2n) is 4.53. The maximum atomic E-state index is 11.9. The average molecular weight is 311 g/mol. The fourth-order valence-electron chi connectivity index (χ4n) is 1.97. The lowest BCUT2D eigenvalue weighted by atomic mass is 10.2. The topological polar surface area (TPSA) is 94.1 Å². The van der Waals surface area contributed by atoms with Crippen LogP contribution in [0.5, 0.6) is 17.2 Å². The standard InChI is InChI=1S/C15H21NO6/c1-20-11-9-8-10(14(21-2)15(11)22-3)16-12(17)6-4-5-7-13(18)19/h8-9H,4-7H2,1-3H3,(H,16,17)(H,18,19). The van der Waals surface area contributed by atoms with E-state index in [9.17, 15) is 9.59 Å².